The van der Waals surface area contributed by atoms with E-state index in [1.807, 2.05) is 30.3 Å². The van der Waals surface area contributed by atoms with Crippen LogP contribution < -0.4 is 0 Å². The van der Waals surface area contributed by atoms with Crippen LogP contribution in [0, 0.1) is 0 Å². The van der Waals surface area contributed by atoms with Gasteiger partial charge in [-0.05, 0) is 18.1 Å². The average Bonchev–Trinajstić information content (AvgIpc) is 2.95. The largest absolute Gasteiger partial charge is 0.345 e. The molecule has 0 atom stereocenters. The van der Waals surface area contributed by atoms with Crippen molar-refractivity contribution >= 4 is 15.9 Å². The number of amides is 1. The monoisotopic (exact) mass is 349 g/mol. The van der Waals surface area contributed by atoms with Crippen molar-refractivity contribution in [2.75, 3.05) is 27.7 Å². The van der Waals surface area contributed by atoms with Crippen LogP contribution in [0.2, 0.25) is 0 Å². The minimum atomic E-state index is -3.55. The van der Waals surface area contributed by atoms with Crippen LogP contribution in [0.15, 0.2) is 47.5 Å². The lowest BCUT2D eigenvalue weighted by molar-refractivity contribution is 0.0787. The van der Waals surface area contributed by atoms with Gasteiger partial charge in [0.2, 0.25) is 10.0 Å². The first-order valence-corrected chi connectivity index (χ1v) is 9.05. The summed E-state index contributed by atoms with van der Waals surface area (Å²) in [5.74, 6) is -0.200. The highest BCUT2D eigenvalue weighted by atomic mass is 32.2. The Balaban J connectivity index is 2.13. The van der Waals surface area contributed by atoms with E-state index in [4.69, 9.17) is 0 Å². The van der Waals surface area contributed by atoms with E-state index in [2.05, 4.69) is 0 Å². The van der Waals surface area contributed by atoms with Gasteiger partial charge in [0.05, 0.1) is 0 Å². The second kappa shape index (κ2) is 7.19. The molecule has 2 aromatic rings. The number of nitrogens with zero attached hydrogens (tertiary/aromatic N) is 3. The molecule has 6 nitrogen and oxygen atoms in total. The van der Waals surface area contributed by atoms with Crippen molar-refractivity contribution in [1.29, 1.82) is 0 Å². The highest BCUT2D eigenvalue weighted by Gasteiger charge is 2.23. The fourth-order valence-electron chi connectivity index (χ4n) is 2.34. The zero-order chi connectivity index (χ0) is 17.9. The van der Waals surface area contributed by atoms with Gasteiger partial charge < -0.3 is 9.47 Å². The molecule has 7 heteroatoms. The number of aryl methyl sites for hydroxylation is 1. The van der Waals surface area contributed by atoms with Crippen LogP contribution in [0.3, 0.4) is 0 Å². The van der Waals surface area contributed by atoms with Crippen molar-refractivity contribution in [1.82, 2.24) is 13.8 Å². The fourth-order valence-corrected chi connectivity index (χ4v) is 3.31. The molecule has 0 unspecified atom stereocenters. The Labute approximate surface area is 143 Å². The number of carbonyl (C=O) groups excluding carboxylic acids is 1. The van der Waals surface area contributed by atoms with Crippen LogP contribution >= 0.6 is 0 Å². The summed E-state index contributed by atoms with van der Waals surface area (Å²) in [6.45, 7) is 0.559. The maximum absolute atomic E-state index is 12.6. The van der Waals surface area contributed by atoms with E-state index in [9.17, 15) is 13.2 Å². The van der Waals surface area contributed by atoms with Gasteiger partial charge in [-0.15, -0.1) is 0 Å². The summed E-state index contributed by atoms with van der Waals surface area (Å²) in [5.41, 5.74) is 1.51. The number of hydrogen-bond acceptors (Lipinski definition) is 3. The van der Waals surface area contributed by atoms with E-state index < -0.39 is 10.0 Å². The third kappa shape index (κ3) is 3.85. The van der Waals surface area contributed by atoms with Crippen LogP contribution in [0.5, 0.6) is 0 Å². The molecule has 0 fully saturated rings. The Kier molecular flexibility index (Phi) is 5.46. The predicted molar refractivity (Wildman–Crippen MR) is 93.4 cm³/mol. The first kappa shape index (κ1) is 18.2. The fraction of sp³-hybridized carbons (Fsp3) is 0.353. The summed E-state index contributed by atoms with van der Waals surface area (Å²) < 4.78 is 27.1. The van der Waals surface area contributed by atoms with Crippen molar-refractivity contribution < 1.29 is 13.2 Å². The summed E-state index contributed by atoms with van der Waals surface area (Å²) in [5, 5.41) is 0. The molecule has 130 valence electrons. The van der Waals surface area contributed by atoms with Crippen LogP contribution in [-0.4, -0.2) is 55.8 Å². The molecule has 2 rings (SSSR count). The van der Waals surface area contributed by atoms with Crippen molar-refractivity contribution in [2.24, 2.45) is 7.05 Å². The molecule has 1 aromatic heterocycles. The summed E-state index contributed by atoms with van der Waals surface area (Å²) in [7, 11) is 2.78. The van der Waals surface area contributed by atoms with Crippen LogP contribution in [-0.2, 0) is 23.5 Å². The van der Waals surface area contributed by atoms with Gasteiger partial charge >= 0.3 is 0 Å². The first-order chi connectivity index (χ1) is 11.2. The summed E-state index contributed by atoms with van der Waals surface area (Å²) in [6, 6.07) is 11.3. The normalized spacial score (nSPS) is 11.7. The molecule has 0 aliphatic heterocycles. The van der Waals surface area contributed by atoms with Gasteiger partial charge in [0.1, 0.15) is 10.6 Å². The van der Waals surface area contributed by atoms with Crippen molar-refractivity contribution in [3.05, 3.63) is 53.9 Å². The topological polar surface area (TPSA) is 62.6 Å². The standard InChI is InChI=1S/C17H23N3O3S/c1-18(2)24(22,23)15-12-16(20(4)13-15)17(21)19(3)11-10-14-8-6-5-7-9-14/h5-9,12-13H,10-11H2,1-4H3. The summed E-state index contributed by atoms with van der Waals surface area (Å²) in [6.07, 6.45) is 2.21. The third-order valence-corrected chi connectivity index (χ3v) is 5.68. The number of rotatable bonds is 6. The maximum atomic E-state index is 12.6. The van der Waals surface area contributed by atoms with Crippen LogP contribution in [0.4, 0.5) is 0 Å². The number of carbonyl (C=O) groups is 1. The Bertz CT molecular complexity index is 811. The smallest absolute Gasteiger partial charge is 0.270 e. The van der Waals surface area contributed by atoms with Crippen molar-refractivity contribution in [3.8, 4) is 0 Å². The number of benzene rings is 1. The number of hydrogen-bond donors (Lipinski definition) is 0. The van der Waals surface area contributed by atoms with E-state index in [1.54, 1.807) is 23.6 Å². The molecule has 0 aliphatic rings. The second-order valence-electron chi connectivity index (χ2n) is 5.92. The van der Waals surface area contributed by atoms with Crippen molar-refractivity contribution in [3.63, 3.8) is 0 Å². The first-order valence-electron chi connectivity index (χ1n) is 7.61. The van der Waals surface area contributed by atoms with E-state index in [0.717, 1.165) is 16.3 Å². The molecule has 1 heterocycles. The van der Waals surface area contributed by atoms with Crippen LogP contribution in [0.1, 0.15) is 16.1 Å². The predicted octanol–water partition coefficient (Wildman–Crippen LogP) is 1.59. The maximum Gasteiger partial charge on any atom is 0.270 e. The van der Waals surface area contributed by atoms with E-state index in [-0.39, 0.29) is 10.8 Å². The minimum Gasteiger partial charge on any atom is -0.345 e. The van der Waals surface area contributed by atoms with Crippen LogP contribution in [0.25, 0.3) is 0 Å². The lowest BCUT2D eigenvalue weighted by atomic mass is 10.1. The molecule has 0 N–H and O–H groups in total. The molecule has 0 spiro atoms. The van der Waals surface area contributed by atoms with Gasteiger partial charge in [-0.3, -0.25) is 4.79 Å². The Morgan fingerprint density at radius 3 is 2.33 bits per heavy atom. The van der Waals surface area contributed by atoms with Gasteiger partial charge in [-0.2, -0.15) is 0 Å². The molecular weight excluding hydrogens is 326 g/mol. The van der Waals surface area contributed by atoms with Crippen molar-refractivity contribution in [2.45, 2.75) is 11.3 Å². The van der Waals surface area contributed by atoms with Gasteiger partial charge in [0.25, 0.3) is 5.91 Å². The quantitative estimate of drug-likeness (QED) is 0.796. The number of likely N-dealkylation sites (N-methyl/N-ethyl adjacent to an activating group) is 1. The van der Waals surface area contributed by atoms with E-state index >= 15 is 0 Å². The van der Waals surface area contributed by atoms with Gasteiger partial charge in [0, 0.05) is 40.9 Å². The highest BCUT2D eigenvalue weighted by Crippen LogP contribution is 2.17. The zero-order valence-corrected chi connectivity index (χ0v) is 15.2. The molecule has 1 amide bonds. The Hall–Kier alpha value is -2.12. The van der Waals surface area contributed by atoms with Gasteiger partial charge in [-0.25, -0.2) is 12.7 Å². The highest BCUT2D eigenvalue weighted by molar-refractivity contribution is 7.89. The number of sulfonamides is 1. The number of aromatic nitrogens is 1. The summed E-state index contributed by atoms with van der Waals surface area (Å²) in [4.78, 5) is 14.3. The SMILES string of the molecule is CN(CCc1ccccc1)C(=O)c1cc(S(=O)(=O)N(C)C)cn1C. The van der Waals surface area contributed by atoms with Gasteiger partial charge in [0.15, 0.2) is 0 Å². The van der Waals surface area contributed by atoms with E-state index in [0.29, 0.717) is 12.2 Å². The lowest BCUT2D eigenvalue weighted by Crippen LogP contribution is -2.30. The Morgan fingerprint density at radius 1 is 1.12 bits per heavy atom. The van der Waals surface area contributed by atoms with E-state index in [1.165, 1.54) is 26.4 Å². The molecule has 24 heavy (non-hydrogen) atoms. The molecular formula is C17H23N3O3S. The molecule has 0 radical (unpaired) electrons. The lowest BCUT2D eigenvalue weighted by Gasteiger charge is -2.17. The van der Waals surface area contributed by atoms with Gasteiger partial charge in [-0.1, -0.05) is 30.3 Å². The molecule has 0 saturated carbocycles. The Morgan fingerprint density at radius 2 is 1.75 bits per heavy atom. The molecule has 1 aromatic carbocycles. The summed E-state index contributed by atoms with van der Waals surface area (Å²) >= 11 is 0. The molecule has 0 saturated heterocycles. The third-order valence-electron chi connectivity index (χ3n) is 3.90. The minimum absolute atomic E-state index is 0.120. The molecule has 0 aliphatic carbocycles. The zero-order valence-electron chi connectivity index (χ0n) is 14.4. The average molecular weight is 349 g/mol. The molecule has 0 bridgehead atoms. The second-order valence-corrected chi connectivity index (χ2v) is 8.07.